The number of hydrogen-bond acceptors (Lipinski definition) is 2. The zero-order chi connectivity index (χ0) is 6.28. The summed E-state index contributed by atoms with van der Waals surface area (Å²) in [6, 6.07) is 0. The van der Waals surface area contributed by atoms with Gasteiger partial charge in [0.1, 0.15) is 0 Å². The minimum atomic E-state index is 0. The molecule has 0 aliphatic heterocycles. The Balaban J connectivity index is -0.0000000750. The molecule has 1 amide bonds. The Morgan fingerprint density at radius 2 is 1.50 bits per heavy atom. The van der Waals surface area contributed by atoms with Crippen molar-refractivity contribution in [3.05, 3.63) is 0 Å². The predicted octanol–water partition coefficient (Wildman–Crippen LogP) is -1.24. The molecule has 0 atom stereocenters. The number of carbonyl (C=O) groups excluding carboxylic acids is 1. The van der Waals surface area contributed by atoms with Crippen LogP contribution in [0.4, 0.5) is 0 Å². The second-order valence-corrected chi connectivity index (χ2v) is 1.07. The van der Waals surface area contributed by atoms with E-state index >= 15 is 0 Å². The van der Waals surface area contributed by atoms with Crippen molar-refractivity contribution < 1.29 is 29.6 Å². The van der Waals surface area contributed by atoms with E-state index in [9.17, 15) is 4.79 Å². The standard InChI is InChI=1S/C3H7NO.Ni.H2O.O/c1-4(2)3-5;;;/h3H,1-2H3;;1H2;. The van der Waals surface area contributed by atoms with Crippen LogP contribution in [0.1, 0.15) is 0 Å². The Bertz CT molecular complexity index is 49.8. The number of amides is 1. The van der Waals surface area contributed by atoms with Crippen molar-refractivity contribution in [1.29, 1.82) is 0 Å². The van der Waals surface area contributed by atoms with Crippen LogP contribution < -0.4 is 0 Å². The van der Waals surface area contributed by atoms with Crippen LogP contribution in [0.15, 0.2) is 0 Å². The molecular formula is C3H9NNiO3. The van der Waals surface area contributed by atoms with Crippen molar-refractivity contribution in [1.82, 2.24) is 4.90 Å². The Labute approximate surface area is 55.7 Å². The molecule has 0 radical (unpaired) electrons. The SMILES string of the molecule is CN(C)C=O.O.[O]=[Ni]. The van der Waals surface area contributed by atoms with Crippen LogP contribution in [0.3, 0.4) is 0 Å². The van der Waals surface area contributed by atoms with Gasteiger partial charge in [0.15, 0.2) is 0 Å². The van der Waals surface area contributed by atoms with Crippen LogP contribution in [0.2, 0.25) is 0 Å². The van der Waals surface area contributed by atoms with Crippen LogP contribution in [-0.4, -0.2) is 30.9 Å². The summed E-state index contributed by atoms with van der Waals surface area (Å²) in [7, 11) is 3.38. The molecule has 0 rings (SSSR count). The van der Waals surface area contributed by atoms with E-state index in [1.807, 2.05) is 0 Å². The van der Waals surface area contributed by atoms with Crippen molar-refractivity contribution in [3.63, 3.8) is 0 Å². The molecule has 0 spiro atoms. The summed E-state index contributed by atoms with van der Waals surface area (Å²) < 4.78 is 7.88. The van der Waals surface area contributed by atoms with Gasteiger partial charge in [0, 0.05) is 14.1 Å². The van der Waals surface area contributed by atoms with Gasteiger partial charge in [0.2, 0.25) is 6.41 Å². The van der Waals surface area contributed by atoms with E-state index in [4.69, 9.17) is 3.90 Å². The maximum absolute atomic E-state index is 9.43. The van der Waals surface area contributed by atoms with Gasteiger partial charge in [-0.3, -0.25) is 4.79 Å². The fourth-order valence-electron chi connectivity index (χ4n) is 0. The van der Waals surface area contributed by atoms with Gasteiger partial charge in [-0.2, -0.15) is 0 Å². The predicted molar refractivity (Wildman–Crippen MR) is 24.1 cm³/mol. The van der Waals surface area contributed by atoms with Gasteiger partial charge >= 0.3 is 19.3 Å². The fourth-order valence-corrected chi connectivity index (χ4v) is 0. The molecular weight excluding hydrogens is 157 g/mol. The molecule has 54 valence electrons. The average molecular weight is 166 g/mol. The normalized spacial score (nSPS) is 5.00. The molecule has 0 aliphatic rings. The Morgan fingerprint density at radius 3 is 1.50 bits per heavy atom. The van der Waals surface area contributed by atoms with Crippen LogP contribution in [-0.2, 0) is 24.1 Å². The molecule has 0 aromatic heterocycles. The molecule has 0 aromatic carbocycles. The molecule has 4 nitrogen and oxygen atoms in total. The molecule has 8 heavy (non-hydrogen) atoms. The van der Waals surface area contributed by atoms with Crippen molar-refractivity contribution in [2.45, 2.75) is 0 Å². The van der Waals surface area contributed by atoms with Gasteiger partial charge in [-0.05, 0) is 0 Å². The fraction of sp³-hybridized carbons (Fsp3) is 0.667. The Kier molecular flexibility index (Phi) is 31.1. The molecule has 0 aliphatic carbocycles. The molecule has 0 aromatic rings. The topological polar surface area (TPSA) is 68.9 Å². The molecule has 0 saturated heterocycles. The summed E-state index contributed by atoms with van der Waals surface area (Å²) in [6.45, 7) is 0. The van der Waals surface area contributed by atoms with Gasteiger partial charge in [-0.1, -0.05) is 0 Å². The maximum atomic E-state index is 9.43. The number of nitrogens with zero attached hydrogens (tertiary/aromatic N) is 1. The summed E-state index contributed by atoms with van der Waals surface area (Å²) in [6.07, 6.45) is 0.750. The molecule has 0 bridgehead atoms. The second kappa shape index (κ2) is 15.9. The summed E-state index contributed by atoms with van der Waals surface area (Å²) in [5, 5.41) is 0. The second-order valence-electron chi connectivity index (χ2n) is 1.07. The third-order valence-corrected chi connectivity index (χ3v) is 0.211. The average Bonchev–Trinajstić information content (AvgIpc) is 1.73. The van der Waals surface area contributed by atoms with Crippen LogP contribution in [0.5, 0.6) is 0 Å². The van der Waals surface area contributed by atoms with Gasteiger partial charge in [-0.25, -0.2) is 0 Å². The van der Waals surface area contributed by atoms with E-state index < -0.39 is 0 Å². The Hall–Kier alpha value is -0.276. The molecule has 0 unspecified atom stereocenters. The first-order valence-electron chi connectivity index (χ1n) is 1.52. The molecule has 0 saturated carbocycles. The first-order chi connectivity index (χ1) is 3.27. The minimum absolute atomic E-state index is 0. The van der Waals surface area contributed by atoms with Crippen molar-refractivity contribution in [3.8, 4) is 0 Å². The molecule has 0 fully saturated rings. The number of hydrogen-bond donors (Lipinski definition) is 0. The van der Waals surface area contributed by atoms with Crippen molar-refractivity contribution >= 4 is 6.41 Å². The number of rotatable bonds is 1. The zero-order valence-corrected chi connectivity index (χ0v) is 5.64. The van der Waals surface area contributed by atoms with E-state index in [0.717, 1.165) is 6.41 Å². The van der Waals surface area contributed by atoms with Gasteiger partial charge in [0.05, 0.1) is 0 Å². The Morgan fingerprint density at radius 1 is 1.38 bits per heavy atom. The number of carbonyl (C=O) groups is 1. The first kappa shape index (κ1) is 15.6. The summed E-state index contributed by atoms with van der Waals surface area (Å²) >= 11 is 2.62. The van der Waals surface area contributed by atoms with Crippen LogP contribution in [0.25, 0.3) is 0 Å². The van der Waals surface area contributed by atoms with Gasteiger partial charge in [0.25, 0.3) is 0 Å². The molecule has 5 heteroatoms. The van der Waals surface area contributed by atoms with Crippen molar-refractivity contribution in [2.75, 3.05) is 14.1 Å². The van der Waals surface area contributed by atoms with Crippen LogP contribution in [0, 0.1) is 0 Å². The first-order valence-corrected chi connectivity index (χ1v) is 1.92. The molecule has 0 heterocycles. The van der Waals surface area contributed by atoms with E-state index in [0.29, 0.717) is 0 Å². The zero-order valence-electron chi connectivity index (χ0n) is 4.66. The van der Waals surface area contributed by atoms with E-state index in [2.05, 4.69) is 15.4 Å². The van der Waals surface area contributed by atoms with E-state index in [1.165, 1.54) is 4.90 Å². The van der Waals surface area contributed by atoms with Crippen LogP contribution >= 0.6 is 0 Å². The van der Waals surface area contributed by atoms with E-state index in [-0.39, 0.29) is 5.48 Å². The summed E-state index contributed by atoms with van der Waals surface area (Å²) in [4.78, 5) is 10.9. The van der Waals surface area contributed by atoms with Crippen molar-refractivity contribution in [2.24, 2.45) is 0 Å². The monoisotopic (exact) mass is 165 g/mol. The molecule has 2 N–H and O–H groups in total. The van der Waals surface area contributed by atoms with Gasteiger partial charge in [-0.15, -0.1) is 0 Å². The third kappa shape index (κ3) is 43.0. The van der Waals surface area contributed by atoms with E-state index in [1.54, 1.807) is 14.1 Å². The summed E-state index contributed by atoms with van der Waals surface area (Å²) in [5.74, 6) is 0. The van der Waals surface area contributed by atoms with Gasteiger partial charge < -0.3 is 10.4 Å². The third-order valence-electron chi connectivity index (χ3n) is 0.211. The quantitative estimate of drug-likeness (QED) is 0.360. The summed E-state index contributed by atoms with van der Waals surface area (Å²) in [5.41, 5.74) is 0.